The summed E-state index contributed by atoms with van der Waals surface area (Å²) in [6, 6.07) is 37.0. The Morgan fingerprint density at radius 1 is 0.657 bits per heavy atom. The van der Waals surface area contributed by atoms with Crippen molar-refractivity contribution < 1.29 is 4.92 Å². The molecule has 0 atom stereocenters. The number of rotatable bonds is 3. The Hall–Kier alpha value is -4.70. The molecule has 7 rings (SSSR count). The lowest BCUT2D eigenvalue weighted by atomic mass is 9.95. The van der Waals surface area contributed by atoms with Crippen LogP contribution in [-0.2, 0) is 6.42 Å². The summed E-state index contributed by atoms with van der Waals surface area (Å²) in [5.41, 5.74) is 11.1. The van der Waals surface area contributed by atoms with Gasteiger partial charge in [-0.1, -0.05) is 66.7 Å². The SMILES string of the molecule is O=[N+]([O-])c1ccc(-n2c3ccccc3c3cc(-c4cccc5c4Cc4ccccc4-5)ccc32)cc1. The molecule has 5 aromatic carbocycles. The van der Waals surface area contributed by atoms with Crippen molar-refractivity contribution in [2.45, 2.75) is 6.42 Å². The average Bonchev–Trinajstić information content (AvgIpc) is 3.44. The van der Waals surface area contributed by atoms with Gasteiger partial charge in [0, 0.05) is 28.6 Å². The number of hydrogen-bond acceptors (Lipinski definition) is 2. The van der Waals surface area contributed by atoms with Crippen molar-refractivity contribution >= 4 is 27.5 Å². The first kappa shape index (κ1) is 19.7. The van der Waals surface area contributed by atoms with E-state index < -0.39 is 0 Å². The Balaban J connectivity index is 1.43. The summed E-state index contributed by atoms with van der Waals surface area (Å²) < 4.78 is 2.18. The number of nitro groups is 1. The summed E-state index contributed by atoms with van der Waals surface area (Å²) in [5, 5.41) is 13.5. The first-order valence-electron chi connectivity index (χ1n) is 11.7. The monoisotopic (exact) mass is 452 g/mol. The minimum absolute atomic E-state index is 0.0933. The minimum atomic E-state index is -0.363. The second-order valence-corrected chi connectivity index (χ2v) is 9.02. The summed E-state index contributed by atoms with van der Waals surface area (Å²) in [6.07, 6.45) is 0.949. The zero-order chi connectivity index (χ0) is 23.5. The van der Waals surface area contributed by atoms with Gasteiger partial charge in [-0.3, -0.25) is 10.1 Å². The van der Waals surface area contributed by atoms with Crippen LogP contribution >= 0.6 is 0 Å². The zero-order valence-electron chi connectivity index (χ0n) is 18.8. The van der Waals surface area contributed by atoms with E-state index in [9.17, 15) is 10.1 Å². The molecule has 1 aromatic heterocycles. The van der Waals surface area contributed by atoms with E-state index in [1.165, 1.54) is 44.2 Å². The highest BCUT2D eigenvalue weighted by Crippen LogP contribution is 2.43. The van der Waals surface area contributed by atoms with Crippen LogP contribution in [0.5, 0.6) is 0 Å². The lowest BCUT2D eigenvalue weighted by Gasteiger charge is -2.11. The van der Waals surface area contributed by atoms with Gasteiger partial charge < -0.3 is 4.57 Å². The maximum Gasteiger partial charge on any atom is 0.269 e. The fourth-order valence-electron chi connectivity index (χ4n) is 5.57. The standard InChI is InChI=1S/C31H20N2O2/c34-33(35)23-15-13-22(14-16-23)32-30-11-4-3-8-27(30)29-19-21(12-17-31(29)32)25-9-5-10-26-24-7-2-1-6-20(24)18-28(25)26/h1-17,19H,18H2. The maximum atomic E-state index is 11.1. The van der Waals surface area contributed by atoms with Crippen molar-refractivity contribution in [1.29, 1.82) is 0 Å². The molecule has 0 spiro atoms. The Morgan fingerprint density at radius 2 is 1.37 bits per heavy atom. The normalized spacial score (nSPS) is 12.1. The number of non-ortho nitro benzene ring substituents is 1. The van der Waals surface area contributed by atoms with Crippen LogP contribution in [0.2, 0.25) is 0 Å². The molecule has 4 nitrogen and oxygen atoms in total. The molecule has 0 saturated heterocycles. The number of nitro benzene ring substituents is 1. The molecule has 166 valence electrons. The third-order valence-corrected chi connectivity index (χ3v) is 7.15. The average molecular weight is 453 g/mol. The largest absolute Gasteiger partial charge is 0.309 e. The maximum absolute atomic E-state index is 11.1. The van der Waals surface area contributed by atoms with Gasteiger partial charge in [-0.15, -0.1) is 0 Å². The van der Waals surface area contributed by atoms with Crippen LogP contribution in [0.15, 0.2) is 109 Å². The van der Waals surface area contributed by atoms with Crippen LogP contribution < -0.4 is 0 Å². The van der Waals surface area contributed by atoms with Gasteiger partial charge in [0.1, 0.15) is 0 Å². The summed E-state index contributed by atoms with van der Waals surface area (Å²) >= 11 is 0. The van der Waals surface area contributed by atoms with Crippen LogP contribution in [-0.4, -0.2) is 9.49 Å². The third-order valence-electron chi connectivity index (χ3n) is 7.15. The molecule has 6 aromatic rings. The molecule has 0 bridgehead atoms. The number of para-hydroxylation sites is 1. The molecule has 1 aliphatic rings. The molecule has 0 aliphatic heterocycles. The zero-order valence-corrected chi connectivity index (χ0v) is 18.8. The van der Waals surface area contributed by atoms with E-state index in [2.05, 4.69) is 83.4 Å². The van der Waals surface area contributed by atoms with Crippen molar-refractivity contribution in [1.82, 2.24) is 4.57 Å². The second kappa shape index (κ2) is 7.40. The summed E-state index contributed by atoms with van der Waals surface area (Å²) in [4.78, 5) is 10.8. The predicted octanol–water partition coefficient (Wildman–Crippen LogP) is 7.93. The van der Waals surface area contributed by atoms with Gasteiger partial charge in [-0.2, -0.15) is 0 Å². The molecule has 0 fully saturated rings. The van der Waals surface area contributed by atoms with Crippen molar-refractivity contribution in [3.63, 3.8) is 0 Å². The van der Waals surface area contributed by atoms with Gasteiger partial charge in [-0.05, 0) is 70.1 Å². The van der Waals surface area contributed by atoms with Crippen LogP contribution in [0.25, 0.3) is 49.7 Å². The second-order valence-electron chi connectivity index (χ2n) is 9.02. The van der Waals surface area contributed by atoms with Gasteiger partial charge in [0.05, 0.1) is 16.0 Å². The summed E-state index contributed by atoms with van der Waals surface area (Å²) in [5.74, 6) is 0. The fourth-order valence-corrected chi connectivity index (χ4v) is 5.57. The Labute approximate surface area is 201 Å². The highest BCUT2D eigenvalue weighted by Gasteiger charge is 2.22. The first-order valence-corrected chi connectivity index (χ1v) is 11.7. The molecule has 35 heavy (non-hydrogen) atoms. The first-order chi connectivity index (χ1) is 17.2. The number of nitrogens with zero attached hydrogens (tertiary/aromatic N) is 2. The quantitative estimate of drug-likeness (QED) is 0.202. The van der Waals surface area contributed by atoms with Gasteiger partial charge in [-0.25, -0.2) is 0 Å². The van der Waals surface area contributed by atoms with Crippen LogP contribution in [0, 0.1) is 10.1 Å². The Morgan fingerprint density at radius 3 is 2.23 bits per heavy atom. The van der Waals surface area contributed by atoms with Crippen LogP contribution in [0.3, 0.4) is 0 Å². The lowest BCUT2D eigenvalue weighted by molar-refractivity contribution is -0.384. The van der Waals surface area contributed by atoms with E-state index in [1.54, 1.807) is 12.1 Å². The Bertz CT molecular complexity index is 1800. The van der Waals surface area contributed by atoms with Crippen LogP contribution in [0.1, 0.15) is 11.1 Å². The minimum Gasteiger partial charge on any atom is -0.309 e. The van der Waals surface area contributed by atoms with Gasteiger partial charge in [0.25, 0.3) is 5.69 Å². The Kier molecular flexibility index (Phi) is 4.18. The fraction of sp³-hybridized carbons (Fsp3) is 0.0323. The van der Waals surface area contributed by atoms with E-state index in [-0.39, 0.29) is 10.6 Å². The van der Waals surface area contributed by atoms with Crippen LogP contribution in [0.4, 0.5) is 5.69 Å². The van der Waals surface area contributed by atoms with Gasteiger partial charge in [0.15, 0.2) is 0 Å². The van der Waals surface area contributed by atoms with E-state index in [0.29, 0.717) is 0 Å². The van der Waals surface area contributed by atoms with E-state index in [4.69, 9.17) is 0 Å². The number of benzene rings is 5. The summed E-state index contributed by atoms with van der Waals surface area (Å²) in [7, 11) is 0. The molecule has 1 heterocycles. The molecule has 4 heteroatoms. The topological polar surface area (TPSA) is 48.1 Å². The van der Waals surface area contributed by atoms with Crippen molar-refractivity contribution in [3.8, 4) is 27.9 Å². The summed E-state index contributed by atoms with van der Waals surface area (Å²) in [6.45, 7) is 0. The number of fused-ring (bicyclic) bond motifs is 6. The van der Waals surface area contributed by atoms with E-state index in [1.807, 2.05) is 18.2 Å². The molecule has 1 aliphatic carbocycles. The molecule has 0 N–H and O–H groups in total. The molecule has 0 radical (unpaired) electrons. The molecule has 0 unspecified atom stereocenters. The highest BCUT2D eigenvalue weighted by atomic mass is 16.6. The van der Waals surface area contributed by atoms with Crippen molar-refractivity contribution in [3.05, 3.63) is 130 Å². The molecule has 0 amide bonds. The number of aromatic nitrogens is 1. The van der Waals surface area contributed by atoms with Crippen molar-refractivity contribution in [2.75, 3.05) is 0 Å². The predicted molar refractivity (Wildman–Crippen MR) is 141 cm³/mol. The van der Waals surface area contributed by atoms with Gasteiger partial charge >= 0.3 is 0 Å². The smallest absolute Gasteiger partial charge is 0.269 e. The molecular weight excluding hydrogens is 432 g/mol. The molecule has 0 saturated carbocycles. The molecular formula is C31H20N2O2. The number of hydrogen-bond donors (Lipinski definition) is 0. The lowest BCUT2D eigenvalue weighted by Crippen LogP contribution is -1.95. The third kappa shape index (κ3) is 2.93. The van der Waals surface area contributed by atoms with E-state index in [0.717, 1.165) is 23.1 Å². The van der Waals surface area contributed by atoms with Crippen molar-refractivity contribution in [2.24, 2.45) is 0 Å². The van der Waals surface area contributed by atoms with E-state index >= 15 is 0 Å². The van der Waals surface area contributed by atoms with Gasteiger partial charge in [0.2, 0.25) is 0 Å². The highest BCUT2D eigenvalue weighted by molar-refractivity contribution is 6.10.